The first kappa shape index (κ1) is 18.6. The Bertz CT molecular complexity index is 842. The second kappa shape index (κ2) is 9.54. The summed E-state index contributed by atoms with van der Waals surface area (Å²) in [5, 5.41) is 1.87. The van der Waals surface area contributed by atoms with Crippen molar-refractivity contribution >= 4 is 23.2 Å². The Morgan fingerprint density at radius 2 is 2.00 bits per heavy atom. The monoisotopic (exact) mass is 356 g/mol. The van der Waals surface area contributed by atoms with Crippen molar-refractivity contribution in [3.63, 3.8) is 0 Å². The molecule has 0 atom stereocenters. The fourth-order valence-corrected chi connectivity index (χ4v) is 2.71. The molecule has 0 aliphatic rings. The first-order valence-electron chi connectivity index (χ1n) is 7.81. The Morgan fingerprint density at radius 1 is 1.24 bits per heavy atom. The van der Waals surface area contributed by atoms with Crippen LogP contribution in [-0.2, 0) is 20.9 Å². The second-order valence-electron chi connectivity index (χ2n) is 5.30. The number of hydrogen-bond donors (Lipinski definition) is 0. The molecule has 0 N–H and O–H groups in total. The van der Waals surface area contributed by atoms with E-state index in [0.717, 1.165) is 5.56 Å². The summed E-state index contributed by atoms with van der Waals surface area (Å²) in [6, 6.07) is 8.19. The molecule has 0 saturated heterocycles. The van der Waals surface area contributed by atoms with E-state index in [-0.39, 0.29) is 6.61 Å². The van der Waals surface area contributed by atoms with Crippen LogP contribution in [0.5, 0.6) is 0 Å². The number of allylic oxidation sites excluding steroid dienone is 3. The van der Waals surface area contributed by atoms with Crippen molar-refractivity contribution in [2.45, 2.75) is 20.4 Å². The summed E-state index contributed by atoms with van der Waals surface area (Å²) in [6.45, 7) is 4.13. The van der Waals surface area contributed by atoms with Gasteiger partial charge in [-0.15, -0.1) is 11.3 Å². The van der Waals surface area contributed by atoms with Gasteiger partial charge in [0.15, 0.2) is 11.4 Å². The van der Waals surface area contributed by atoms with Gasteiger partial charge in [-0.3, -0.25) is 4.79 Å². The SMILES string of the molecule is C/C=C/C=C/C(=O)OCC(=O)N=c1sccn1Cc1ccc(C)cc1. The van der Waals surface area contributed by atoms with Gasteiger partial charge in [-0.25, -0.2) is 4.79 Å². The standard InChI is InChI=1S/C19H20N2O3S/c1-3-4-5-6-18(23)24-14-17(22)20-19-21(11-12-25-19)13-16-9-7-15(2)8-10-16/h3-12H,13-14H2,1-2H3/b4-3+,6-5+,20-19?. The van der Waals surface area contributed by atoms with E-state index in [1.807, 2.05) is 54.3 Å². The van der Waals surface area contributed by atoms with Crippen molar-refractivity contribution in [1.29, 1.82) is 0 Å². The Balaban J connectivity index is 1.99. The van der Waals surface area contributed by atoms with Crippen molar-refractivity contribution in [2.24, 2.45) is 4.99 Å². The molecule has 1 amide bonds. The van der Waals surface area contributed by atoms with E-state index in [4.69, 9.17) is 4.74 Å². The topological polar surface area (TPSA) is 60.7 Å². The molecular weight excluding hydrogens is 336 g/mol. The highest BCUT2D eigenvalue weighted by molar-refractivity contribution is 7.07. The highest BCUT2D eigenvalue weighted by Gasteiger charge is 2.05. The third-order valence-electron chi connectivity index (χ3n) is 3.23. The number of carbonyl (C=O) groups excluding carboxylic acids is 2. The van der Waals surface area contributed by atoms with Gasteiger partial charge in [-0.1, -0.05) is 48.1 Å². The molecule has 1 aromatic carbocycles. The zero-order valence-corrected chi connectivity index (χ0v) is 15.0. The molecule has 2 rings (SSSR count). The number of ether oxygens (including phenoxy) is 1. The van der Waals surface area contributed by atoms with E-state index >= 15 is 0 Å². The van der Waals surface area contributed by atoms with E-state index < -0.39 is 11.9 Å². The largest absolute Gasteiger partial charge is 0.452 e. The number of carbonyl (C=O) groups is 2. The molecular formula is C19H20N2O3S. The average Bonchev–Trinajstić information content (AvgIpc) is 3.02. The molecule has 0 aliphatic carbocycles. The minimum absolute atomic E-state index is 0.374. The predicted octanol–water partition coefficient (Wildman–Crippen LogP) is 3.01. The molecule has 130 valence electrons. The average molecular weight is 356 g/mol. The third kappa shape index (κ3) is 6.35. The van der Waals surface area contributed by atoms with E-state index in [9.17, 15) is 9.59 Å². The van der Waals surface area contributed by atoms with Crippen LogP contribution in [0.2, 0.25) is 0 Å². The van der Waals surface area contributed by atoms with Gasteiger partial charge in [0, 0.05) is 24.2 Å². The molecule has 0 saturated carbocycles. The van der Waals surface area contributed by atoms with Gasteiger partial charge in [-0.2, -0.15) is 4.99 Å². The summed E-state index contributed by atoms with van der Waals surface area (Å²) in [6.07, 6.45) is 8.18. The fourth-order valence-electron chi connectivity index (χ4n) is 1.96. The van der Waals surface area contributed by atoms with Gasteiger partial charge >= 0.3 is 5.97 Å². The molecule has 2 aromatic rings. The van der Waals surface area contributed by atoms with E-state index in [1.165, 1.54) is 23.0 Å². The quantitative estimate of drug-likeness (QED) is 0.454. The molecule has 0 radical (unpaired) electrons. The Hall–Kier alpha value is -2.73. The number of rotatable bonds is 6. The van der Waals surface area contributed by atoms with Crippen molar-refractivity contribution < 1.29 is 14.3 Å². The lowest BCUT2D eigenvalue weighted by atomic mass is 10.1. The number of amides is 1. The molecule has 1 aromatic heterocycles. The van der Waals surface area contributed by atoms with Gasteiger partial charge in [0.1, 0.15) is 0 Å². The molecule has 5 nitrogen and oxygen atoms in total. The van der Waals surface area contributed by atoms with Gasteiger partial charge in [0.2, 0.25) is 0 Å². The van der Waals surface area contributed by atoms with E-state index in [0.29, 0.717) is 11.3 Å². The van der Waals surface area contributed by atoms with Crippen LogP contribution in [0.3, 0.4) is 0 Å². The van der Waals surface area contributed by atoms with E-state index in [2.05, 4.69) is 4.99 Å². The van der Waals surface area contributed by atoms with Crippen molar-refractivity contribution in [3.8, 4) is 0 Å². The van der Waals surface area contributed by atoms with Gasteiger partial charge in [0.05, 0.1) is 0 Å². The minimum Gasteiger partial charge on any atom is -0.452 e. The van der Waals surface area contributed by atoms with Crippen molar-refractivity contribution in [2.75, 3.05) is 6.61 Å². The van der Waals surface area contributed by atoms with Crippen LogP contribution in [0, 0.1) is 6.92 Å². The Kier molecular flexibility index (Phi) is 7.10. The number of nitrogens with zero attached hydrogens (tertiary/aromatic N) is 2. The molecule has 0 fully saturated rings. The maximum atomic E-state index is 11.9. The third-order valence-corrected chi connectivity index (χ3v) is 4.02. The number of benzene rings is 1. The van der Waals surface area contributed by atoms with Crippen LogP contribution in [0.15, 0.2) is 65.1 Å². The molecule has 0 aliphatic heterocycles. The molecule has 0 spiro atoms. The molecule has 25 heavy (non-hydrogen) atoms. The van der Waals surface area contributed by atoms with Gasteiger partial charge in [0.25, 0.3) is 5.91 Å². The predicted molar refractivity (Wildman–Crippen MR) is 98.1 cm³/mol. The molecule has 0 unspecified atom stereocenters. The van der Waals surface area contributed by atoms with Gasteiger partial charge < -0.3 is 9.30 Å². The lowest BCUT2D eigenvalue weighted by molar-refractivity contribution is -0.142. The summed E-state index contributed by atoms with van der Waals surface area (Å²) in [7, 11) is 0. The Morgan fingerprint density at radius 3 is 2.72 bits per heavy atom. The van der Waals surface area contributed by atoms with Crippen LogP contribution in [0.1, 0.15) is 18.1 Å². The highest BCUT2D eigenvalue weighted by Crippen LogP contribution is 2.05. The highest BCUT2D eigenvalue weighted by atomic mass is 32.1. The van der Waals surface area contributed by atoms with Crippen LogP contribution in [0.4, 0.5) is 0 Å². The molecule has 0 bridgehead atoms. The van der Waals surface area contributed by atoms with Crippen molar-refractivity contribution in [3.05, 3.63) is 76.1 Å². The maximum Gasteiger partial charge on any atom is 0.331 e. The van der Waals surface area contributed by atoms with Crippen LogP contribution in [0.25, 0.3) is 0 Å². The normalized spacial score (nSPS) is 12.2. The number of hydrogen-bond acceptors (Lipinski definition) is 4. The fraction of sp³-hybridized carbons (Fsp3) is 0.211. The zero-order chi connectivity index (χ0) is 18.1. The lowest BCUT2D eigenvalue weighted by Gasteiger charge is -2.04. The molecule has 6 heteroatoms. The van der Waals surface area contributed by atoms with Crippen LogP contribution >= 0.6 is 11.3 Å². The minimum atomic E-state index is -0.569. The molecule has 1 heterocycles. The van der Waals surface area contributed by atoms with Crippen molar-refractivity contribution in [1.82, 2.24) is 4.57 Å². The summed E-state index contributed by atoms with van der Waals surface area (Å²) >= 11 is 1.36. The summed E-state index contributed by atoms with van der Waals surface area (Å²) in [4.78, 5) is 27.9. The maximum absolute atomic E-state index is 11.9. The number of aryl methyl sites for hydroxylation is 1. The Labute approximate surface area is 150 Å². The zero-order valence-electron chi connectivity index (χ0n) is 14.2. The van der Waals surface area contributed by atoms with Crippen LogP contribution < -0.4 is 4.80 Å². The summed E-state index contributed by atoms with van der Waals surface area (Å²) in [5.41, 5.74) is 2.32. The second-order valence-corrected chi connectivity index (χ2v) is 6.17. The summed E-state index contributed by atoms with van der Waals surface area (Å²) < 4.78 is 6.75. The first-order valence-corrected chi connectivity index (χ1v) is 8.69. The van der Waals surface area contributed by atoms with Gasteiger partial charge in [-0.05, 0) is 19.4 Å². The number of esters is 1. The van der Waals surface area contributed by atoms with Crippen LogP contribution in [-0.4, -0.2) is 23.1 Å². The number of aromatic nitrogens is 1. The smallest absolute Gasteiger partial charge is 0.331 e. The lowest BCUT2D eigenvalue weighted by Crippen LogP contribution is -2.19. The first-order chi connectivity index (χ1) is 12.1. The summed E-state index contributed by atoms with van der Waals surface area (Å²) in [5.74, 6) is -1.06. The van der Waals surface area contributed by atoms with E-state index in [1.54, 1.807) is 18.2 Å². The number of thiazole rings is 1.